The average molecular weight is 512 g/mol. The molecule has 0 radical (unpaired) electrons. The molecule has 2 aliphatic carbocycles. The number of hydrogen-bond acceptors (Lipinski definition) is 4. The SMILES string of the molecule is C[C@H](CC(F)(F)F)C1COc2c(S(N)(=O)=NC(=O)Nc3c4c(cc5c3CCC5)CCC4)cnn2C1. The van der Waals surface area contributed by atoms with Crippen LogP contribution >= 0.6 is 0 Å². The number of nitrogens with zero attached hydrogens (tertiary/aromatic N) is 3. The zero-order valence-electron chi connectivity index (χ0n) is 19.4. The Labute approximate surface area is 201 Å². The lowest BCUT2D eigenvalue weighted by atomic mass is 9.91. The molecule has 35 heavy (non-hydrogen) atoms. The fourth-order valence-corrected chi connectivity index (χ4v) is 6.44. The number of aryl methyl sites for hydroxylation is 2. The van der Waals surface area contributed by atoms with E-state index in [4.69, 9.17) is 9.88 Å². The molecule has 0 saturated carbocycles. The third-order valence-corrected chi connectivity index (χ3v) is 8.55. The lowest BCUT2D eigenvalue weighted by Gasteiger charge is -2.29. The van der Waals surface area contributed by atoms with Crippen LogP contribution in [0, 0.1) is 11.8 Å². The molecule has 0 fully saturated rings. The third kappa shape index (κ3) is 4.77. The van der Waals surface area contributed by atoms with Gasteiger partial charge in [-0.3, -0.25) is 0 Å². The number of carbonyl (C=O) groups excluding carboxylic acids is 1. The second kappa shape index (κ2) is 8.81. The number of alkyl halides is 3. The van der Waals surface area contributed by atoms with Crippen LogP contribution in [0.2, 0.25) is 0 Å². The van der Waals surface area contributed by atoms with Crippen molar-refractivity contribution in [2.75, 3.05) is 11.9 Å². The molecule has 2 aromatic rings. The molecule has 0 spiro atoms. The second-order valence-corrected chi connectivity index (χ2v) is 11.4. The first-order chi connectivity index (χ1) is 16.5. The van der Waals surface area contributed by atoms with Crippen LogP contribution < -0.4 is 15.2 Å². The van der Waals surface area contributed by atoms with Gasteiger partial charge in [0.05, 0.1) is 19.3 Å². The smallest absolute Gasteiger partial charge is 0.389 e. The van der Waals surface area contributed by atoms with E-state index in [1.165, 1.54) is 28.9 Å². The summed E-state index contributed by atoms with van der Waals surface area (Å²) in [5.74, 6) is -1.03. The van der Waals surface area contributed by atoms with Gasteiger partial charge in [-0.1, -0.05) is 13.0 Å². The van der Waals surface area contributed by atoms with E-state index in [0.29, 0.717) is 0 Å². The first-order valence-electron chi connectivity index (χ1n) is 11.8. The number of rotatable bonds is 4. The minimum absolute atomic E-state index is 0.0000541. The molecule has 0 bridgehead atoms. The Morgan fingerprint density at radius 3 is 2.57 bits per heavy atom. The van der Waals surface area contributed by atoms with Gasteiger partial charge in [0.2, 0.25) is 5.88 Å². The first-order valence-corrected chi connectivity index (χ1v) is 13.4. The lowest BCUT2D eigenvalue weighted by Crippen LogP contribution is -2.33. The molecule has 1 aliphatic heterocycles. The van der Waals surface area contributed by atoms with Gasteiger partial charge in [0, 0.05) is 18.0 Å². The molecule has 5 rings (SSSR count). The molecule has 12 heteroatoms. The van der Waals surface area contributed by atoms with Crippen LogP contribution in [0.3, 0.4) is 0 Å². The van der Waals surface area contributed by atoms with E-state index in [1.54, 1.807) is 0 Å². The monoisotopic (exact) mass is 511 g/mol. The molecular weight excluding hydrogens is 483 g/mol. The van der Waals surface area contributed by atoms with Crippen molar-refractivity contribution in [2.45, 2.75) is 69.5 Å². The number of nitrogens with one attached hydrogen (secondary N) is 1. The van der Waals surface area contributed by atoms with Gasteiger partial charge in [-0.15, -0.1) is 4.36 Å². The number of halogens is 3. The van der Waals surface area contributed by atoms with E-state index >= 15 is 0 Å². The summed E-state index contributed by atoms with van der Waals surface area (Å²) in [4.78, 5) is 12.8. The Hall–Kier alpha value is -2.60. The van der Waals surface area contributed by atoms with Crippen LogP contribution in [0.15, 0.2) is 21.5 Å². The molecule has 2 amide bonds. The van der Waals surface area contributed by atoms with Crippen LogP contribution in [-0.2, 0) is 42.1 Å². The number of benzene rings is 1. The van der Waals surface area contributed by atoms with Crippen LogP contribution in [0.25, 0.3) is 0 Å². The fourth-order valence-electron chi connectivity index (χ4n) is 5.44. The highest BCUT2D eigenvalue weighted by Crippen LogP contribution is 2.39. The van der Waals surface area contributed by atoms with Crippen molar-refractivity contribution in [1.82, 2.24) is 9.78 Å². The van der Waals surface area contributed by atoms with Gasteiger partial charge in [0.15, 0.2) is 9.92 Å². The van der Waals surface area contributed by atoms with Crippen LogP contribution in [0.4, 0.5) is 23.7 Å². The van der Waals surface area contributed by atoms with E-state index in [2.05, 4.69) is 20.8 Å². The van der Waals surface area contributed by atoms with Gasteiger partial charge in [-0.05, 0) is 66.7 Å². The van der Waals surface area contributed by atoms with Crippen molar-refractivity contribution >= 4 is 21.6 Å². The average Bonchev–Trinajstić information content (AvgIpc) is 3.50. The second-order valence-electron chi connectivity index (χ2n) is 9.69. The zero-order chi connectivity index (χ0) is 25.0. The minimum Gasteiger partial charge on any atom is -0.477 e. The van der Waals surface area contributed by atoms with E-state index in [9.17, 15) is 22.2 Å². The van der Waals surface area contributed by atoms with Gasteiger partial charge >= 0.3 is 12.2 Å². The van der Waals surface area contributed by atoms with Crippen LogP contribution in [-0.4, -0.2) is 32.8 Å². The summed E-state index contributed by atoms with van der Waals surface area (Å²) in [5.41, 5.74) is 5.47. The maximum atomic E-state index is 13.3. The molecule has 2 unspecified atom stereocenters. The summed E-state index contributed by atoms with van der Waals surface area (Å²) in [6, 6.07) is 1.43. The molecular formula is C23H28F3N5O3S. The van der Waals surface area contributed by atoms with Crippen molar-refractivity contribution in [3.05, 3.63) is 34.5 Å². The summed E-state index contributed by atoms with van der Waals surface area (Å²) in [6.07, 6.45) is 1.74. The number of aromatic nitrogens is 2. The summed E-state index contributed by atoms with van der Waals surface area (Å²) < 4.78 is 62.3. The predicted molar refractivity (Wildman–Crippen MR) is 124 cm³/mol. The summed E-state index contributed by atoms with van der Waals surface area (Å²) in [6.45, 7) is 1.68. The van der Waals surface area contributed by atoms with E-state index < -0.39 is 40.4 Å². The third-order valence-electron chi connectivity index (χ3n) is 7.20. The highest BCUT2D eigenvalue weighted by atomic mass is 32.2. The van der Waals surface area contributed by atoms with Gasteiger partial charge in [0.25, 0.3) is 0 Å². The van der Waals surface area contributed by atoms with Gasteiger partial charge in [-0.2, -0.15) is 18.3 Å². The summed E-state index contributed by atoms with van der Waals surface area (Å²) in [5, 5.41) is 12.9. The van der Waals surface area contributed by atoms with Gasteiger partial charge in [-0.25, -0.2) is 18.8 Å². The fraction of sp³-hybridized carbons (Fsp3) is 0.565. The number of urea groups is 1. The van der Waals surface area contributed by atoms with Gasteiger partial charge in [0.1, 0.15) is 4.90 Å². The Bertz CT molecular complexity index is 1260. The van der Waals surface area contributed by atoms with Crippen molar-refractivity contribution in [3.63, 3.8) is 0 Å². The summed E-state index contributed by atoms with van der Waals surface area (Å²) >= 11 is 0. The number of amides is 2. The van der Waals surface area contributed by atoms with E-state index in [1.807, 2.05) is 0 Å². The standard InChI is InChI=1S/C23H28F3N5O3S/c1-13(9-23(24,25)26)16-11-31-21(34-12-16)19(10-28-31)35(27,33)30-22(32)29-20-17-6-2-4-14(17)8-15-5-3-7-18(15)20/h8,10,13,16H,2-7,9,11-12H2,1H3,(H3,27,29,30,32,33)/t13-,16?,35?/m1/s1. The first kappa shape index (κ1) is 24.1. The van der Waals surface area contributed by atoms with Crippen molar-refractivity contribution in [2.24, 2.45) is 21.3 Å². The number of anilines is 1. The maximum Gasteiger partial charge on any atom is 0.389 e. The van der Waals surface area contributed by atoms with Crippen LogP contribution in [0.5, 0.6) is 5.88 Å². The lowest BCUT2D eigenvalue weighted by molar-refractivity contribution is -0.149. The molecule has 3 N–H and O–H groups in total. The Morgan fingerprint density at radius 1 is 1.29 bits per heavy atom. The number of hydrogen-bond donors (Lipinski definition) is 2. The normalized spacial score (nSPS) is 21.3. The molecule has 0 saturated heterocycles. The largest absolute Gasteiger partial charge is 0.477 e. The van der Waals surface area contributed by atoms with Crippen molar-refractivity contribution in [1.29, 1.82) is 0 Å². The maximum absolute atomic E-state index is 13.3. The highest BCUT2D eigenvalue weighted by Gasteiger charge is 2.36. The molecule has 3 atom stereocenters. The molecule has 1 aromatic carbocycles. The molecule has 1 aromatic heterocycles. The Kier molecular flexibility index (Phi) is 6.07. The molecule has 190 valence electrons. The number of ether oxygens (including phenoxy) is 1. The van der Waals surface area contributed by atoms with Gasteiger partial charge < -0.3 is 10.1 Å². The van der Waals surface area contributed by atoms with Crippen molar-refractivity contribution in [3.8, 4) is 5.88 Å². The molecule has 2 heterocycles. The molecule has 8 nitrogen and oxygen atoms in total. The Balaban J connectivity index is 1.37. The zero-order valence-corrected chi connectivity index (χ0v) is 20.2. The van der Waals surface area contributed by atoms with E-state index in [-0.39, 0.29) is 23.9 Å². The van der Waals surface area contributed by atoms with Crippen molar-refractivity contribution < 1.29 is 26.9 Å². The number of fused-ring (bicyclic) bond motifs is 3. The topological polar surface area (TPSA) is 112 Å². The highest BCUT2D eigenvalue weighted by molar-refractivity contribution is 7.91. The number of carbonyl (C=O) groups is 1. The minimum atomic E-state index is -4.27. The Morgan fingerprint density at radius 2 is 1.94 bits per heavy atom. The predicted octanol–water partition coefficient (Wildman–Crippen LogP) is 4.39. The van der Waals surface area contributed by atoms with E-state index in [0.717, 1.165) is 55.3 Å². The van der Waals surface area contributed by atoms with Crippen LogP contribution in [0.1, 0.15) is 48.4 Å². The molecule has 3 aliphatic rings. The number of nitrogens with two attached hydrogens (primary N) is 1. The quantitative estimate of drug-likeness (QED) is 0.634. The summed E-state index contributed by atoms with van der Waals surface area (Å²) in [7, 11) is -3.70.